The van der Waals surface area contributed by atoms with E-state index in [0.717, 1.165) is 12.1 Å². The number of hydrogen-bond acceptors (Lipinski definition) is 4. The van der Waals surface area contributed by atoms with E-state index >= 15 is 0 Å². The highest BCUT2D eigenvalue weighted by atomic mass is 16.3. The third kappa shape index (κ3) is 5.83. The molecule has 0 fully saturated rings. The molecule has 4 heteroatoms. The van der Waals surface area contributed by atoms with E-state index in [9.17, 15) is 5.11 Å². The lowest BCUT2D eigenvalue weighted by atomic mass is 10.1. The second-order valence-electron chi connectivity index (χ2n) is 5.05. The molecule has 1 rings (SSSR count). The van der Waals surface area contributed by atoms with Crippen molar-refractivity contribution in [3.05, 3.63) is 24.2 Å². The van der Waals surface area contributed by atoms with E-state index < -0.39 is 0 Å². The Morgan fingerprint density at radius 3 is 2.79 bits per heavy atom. The summed E-state index contributed by atoms with van der Waals surface area (Å²) >= 11 is 0. The Bertz CT molecular complexity index is 391. The zero-order chi connectivity index (χ0) is 14.1. The van der Waals surface area contributed by atoms with Crippen LogP contribution in [0.3, 0.4) is 0 Å². The molecular formula is C15H25N3O. The molecule has 106 valence electrons. The number of unbranched alkanes of at least 4 members (excludes halogenated alkanes) is 2. The third-order valence-electron chi connectivity index (χ3n) is 3.00. The topological polar surface area (TPSA) is 58.0 Å². The average molecular weight is 263 g/mol. The lowest BCUT2D eigenvalue weighted by Gasteiger charge is -2.20. The molecule has 0 amide bonds. The van der Waals surface area contributed by atoms with Crippen LogP contribution in [0.2, 0.25) is 0 Å². The number of hydrogen-bond donors (Lipinski definition) is 2. The number of aliphatic hydroxyl groups excluding tert-OH is 1. The van der Waals surface area contributed by atoms with Crippen LogP contribution in [-0.4, -0.2) is 27.7 Å². The summed E-state index contributed by atoms with van der Waals surface area (Å²) in [5.74, 6) is 1.06. The van der Waals surface area contributed by atoms with E-state index in [1.165, 1.54) is 12.8 Å². The first-order chi connectivity index (χ1) is 9.17. The van der Waals surface area contributed by atoms with Crippen LogP contribution in [0.1, 0.15) is 45.7 Å². The van der Waals surface area contributed by atoms with Gasteiger partial charge >= 0.3 is 0 Å². The summed E-state index contributed by atoms with van der Waals surface area (Å²) in [4.78, 5) is 8.64. The van der Waals surface area contributed by atoms with Gasteiger partial charge in [0.05, 0.1) is 30.7 Å². The molecule has 0 bridgehead atoms. The first-order valence-electron chi connectivity index (χ1n) is 7.03. The quantitative estimate of drug-likeness (QED) is 0.708. The zero-order valence-electron chi connectivity index (χ0n) is 12.1. The molecule has 0 aliphatic rings. The molecule has 1 aromatic heterocycles. The second-order valence-corrected chi connectivity index (χ2v) is 5.05. The molecule has 0 aliphatic heterocycles. The average Bonchev–Trinajstić information content (AvgIpc) is 2.41. The van der Waals surface area contributed by atoms with Crippen LogP contribution in [0.15, 0.2) is 18.5 Å². The fourth-order valence-corrected chi connectivity index (χ4v) is 1.67. The van der Waals surface area contributed by atoms with Gasteiger partial charge in [-0.15, -0.1) is 0 Å². The lowest BCUT2D eigenvalue weighted by Crippen LogP contribution is -2.29. The normalized spacial score (nSPS) is 13.1. The second kappa shape index (κ2) is 8.64. The molecule has 1 aromatic rings. The van der Waals surface area contributed by atoms with E-state index in [1.807, 2.05) is 6.08 Å². The van der Waals surface area contributed by atoms with Crippen molar-refractivity contribution in [2.75, 3.05) is 11.9 Å². The van der Waals surface area contributed by atoms with Crippen molar-refractivity contribution in [3.8, 4) is 0 Å². The summed E-state index contributed by atoms with van der Waals surface area (Å²) < 4.78 is 0. The molecule has 0 saturated heterocycles. The van der Waals surface area contributed by atoms with Gasteiger partial charge in [-0.3, -0.25) is 4.98 Å². The Morgan fingerprint density at radius 2 is 2.16 bits per heavy atom. The molecule has 4 nitrogen and oxygen atoms in total. The van der Waals surface area contributed by atoms with Gasteiger partial charge in [-0.1, -0.05) is 39.7 Å². The summed E-state index contributed by atoms with van der Waals surface area (Å²) in [7, 11) is 0. The van der Waals surface area contributed by atoms with Crippen LogP contribution < -0.4 is 5.32 Å². The summed E-state index contributed by atoms with van der Waals surface area (Å²) in [5.41, 5.74) is 0.849. The molecule has 0 unspecified atom stereocenters. The predicted molar refractivity (Wildman–Crippen MR) is 79.9 cm³/mol. The Labute approximate surface area is 116 Å². The van der Waals surface area contributed by atoms with E-state index in [4.69, 9.17) is 0 Å². The summed E-state index contributed by atoms with van der Waals surface area (Å²) in [6.45, 7) is 6.40. The van der Waals surface area contributed by atoms with Gasteiger partial charge in [0.25, 0.3) is 0 Å². The molecule has 1 atom stereocenters. The highest BCUT2D eigenvalue weighted by molar-refractivity contribution is 5.46. The Morgan fingerprint density at radius 1 is 1.37 bits per heavy atom. The summed E-state index contributed by atoms with van der Waals surface area (Å²) in [6.07, 6.45) is 11.0. The van der Waals surface area contributed by atoms with Crippen molar-refractivity contribution in [1.82, 2.24) is 9.97 Å². The van der Waals surface area contributed by atoms with Crippen molar-refractivity contribution in [1.29, 1.82) is 0 Å². The van der Waals surface area contributed by atoms with Crippen LogP contribution in [0.4, 0.5) is 5.82 Å². The van der Waals surface area contributed by atoms with Gasteiger partial charge in [-0.2, -0.15) is 0 Å². The minimum atomic E-state index is 0.00798. The Hall–Kier alpha value is -1.42. The van der Waals surface area contributed by atoms with Crippen molar-refractivity contribution >= 4 is 11.9 Å². The van der Waals surface area contributed by atoms with E-state index in [-0.39, 0.29) is 12.6 Å². The van der Waals surface area contributed by atoms with Crippen molar-refractivity contribution in [2.24, 2.45) is 5.92 Å². The zero-order valence-corrected chi connectivity index (χ0v) is 12.1. The molecule has 0 radical (unpaired) electrons. The largest absolute Gasteiger partial charge is 0.394 e. The number of allylic oxidation sites excluding steroid dienone is 1. The van der Waals surface area contributed by atoms with Gasteiger partial charge in [-0.05, 0) is 18.4 Å². The molecule has 2 N–H and O–H groups in total. The highest BCUT2D eigenvalue weighted by Crippen LogP contribution is 2.10. The van der Waals surface area contributed by atoms with Crippen molar-refractivity contribution < 1.29 is 5.11 Å². The fourth-order valence-electron chi connectivity index (χ4n) is 1.67. The summed E-state index contributed by atoms with van der Waals surface area (Å²) in [6, 6.07) is 0.00798. The molecular weight excluding hydrogens is 238 g/mol. The van der Waals surface area contributed by atoms with Gasteiger partial charge < -0.3 is 10.4 Å². The number of nitrogens with zero attached hydrogens (tertiary/aromatic N) is 2. The molecule has 0 saturated carbocycles. The summed E-state index contributed by atoms with van der Waals surface area (Å²) in [5, 5.41) is 12.5. The van der Waals surface area contributed by atoms with E-state index in [2.05, 4.69) is 42.1 Å². The van der Waals surface area contributed by atoms with Gasteiger partial charge in [0, 0.05) is 0 Å². The van der Waals surface area contributed by atoms with Gasteiger partial charge in [0.15, 0.2) is 0 Å². The number of nitrogens with one attached hydrogen (secondary N) is 1. The van der Waals surface area contributed by atoms with Gasteiger partial charge in [0.2, 0.25) is 0 Å². The van der Waals surface area contributed by atoms with Gasteiger partial charge in [-0.25, -0.2) is 4.98 Å². The number of aromatic nitrogens is 2. The Kier molecular flexibility index (Phi) is 7.11. The minimum Gasteiger partial charge on any atom is -0.394 e. The molecule has 0 spiro atoms. The van der Waals surface area contributed by atoms with Crippen LogP contribution in [0, 0.1) is 5.92 Å². The molecule has 0 aromatic carbocycles. The Balaban J connectivity index is 2.63. The van der Waals surface area contributed by atoms with Gasteiger partial charge in [0.1, 0.15) is 5.82 Å². The maximum atomic E-state index is 9.30. The fraction of sp³-hybridized carbons (Fsp3) is 0.600. The first kappa shape index (κ1) is 15.6. The third-order valence-corrected chi connectivity index (χ3v) is 3.00. The standard InChI is InChI=1S/C15H25N3O/c1-4-5-6-7-8-13-9-16-10-15(17-13)18-14(11-19)12(2)3/h7-10,12,14,19H,4-6,11H2,1-3H3,(H,17,18)/b8-7+/t14-/m1/s1. The van der Waals surface area contributed by atoms with E-state index in [0.29, 0.717) is 11.7 Å². The molecule has 1 heterocycles. The molecule has 0 aliphatic carbocycles. The van der Waals surface area contributed by atoms with Crippen LogP contribution in [0.5, 0.6) is 0 Å². The maximum absolute atomic E-state index is 9.30. The predicted octanol–water partition coefficient (Wildman–Crippen LogP) is 3.11. The van der Waals surface area contributed by atoms with Crippen molar-refractivity contribution in [2.45, 2.75) is 46.1 Å². The SMILES string of the molecule is CCCC/C=C/c1cncc(N[C@H](CO)C(C)C)n1. The van der Waals surface area contributed by atoms with Crippen LogP contribution >= 0.6 is 0 Å². The van der Waals surface area contributed by atoms with Crippen LogP contribution in [-0.2, 0) is 0 Å². The lowest BCUT2D eigenvalue weighted by molar-refractivity contribution is 0.249. The number of anilines is 1. The number of rotatable bonds is 8. The number of aliphatic hydroxyl groups is 1. The molecule has 19 heavy (non-hydrogen) atoms. The minimum absolute atomic E-state index is 0.00798. The van der Waals surface area contributed by atoms with Crippen molar-refractivity contribution in [3.63, 3.8) is 0 Å². The monoisotopic (exact) mass is 263 g/mol. The highest BCUT2D eigenvalue weighted by Gasteiger charge is 2.12. The van der Waals surface area contributed by atoms with E-state index in [1.54, 1.807) is 12.4 Å². The first-order valence-corrected chi connectivity index (χ1v) is 7.03. The smallest absolute Gasteiger partial charge is 0.145 e. The maximum Gasteiger partial charge on any atom is 0.145 e. The van der Waals surface area contributed by atoms with Crippen LogP contribution in [0.25, 0.3) is 6.08 Å².